The number of para-hydroxylation sites is 1. The number of nitrogens with zero attached hydrogens (tertiary/aromatic N) is 2. The maximum Gasteiger partial charge on any atom is 0.303 e. The lowest BCUT2D eigenvalue weighted by molar-refractivity contribution is -0.137. The highest BCUT2D eigenvalue weighted by Gasteiger charge is 2.32. The molecule has 0 unspecified atom stereocenters. The second kappa shape index (κ2) is 9.82. The first-order valence-electron chi connectivity index (χ1n) is 9.83. The van der Waals surface area contributed by atoms with E-state index >= 15 is 0 Å². The average Bonchev–Trinajstić information content (AvgIpc) is 3.18. The van der Waals surface area contributed by atoms with Gasteiger partial charge in [-0.3, -0.25) is 14.5 Å². The molecule has 2 heterocycles. The molecule has 0 radical (unpaired) electrons. The van der Waals surface area contributed by atoms with Gasteiger partial charge in [-0.05, 0) is 42.8 Å². The first-order valence-corrected chi connectivity index (χ1v) is 12.7. The number of thioether (sulfide) groups is 1. The van der Waals surface area contributed by atoms with Crippen LogP contribution in [0.5, 0.6) is 0 Å². The minimum atomic E-state index is -0.878. The quantitative estimate of drug-likeness (QED) is 0.283. The lowest BCUT2D eigenvalue weighted by Crippen LogP contribution is -2.29. The number of hydrogen-bond donors (Lipinski definition) is 1. The van der Waals surface area contributed by atoms with Gasteiger partial charge in [0, 0.05) is 45.8 Å². The van der Waals surface area contributed by atoms with E-state index in [9.17, 15) is 9.59 Å². The van der Waals surface area contributed by atoms with Gasteiger partial charge >= 0.3 is 5.97 Å². The van der Waals surface area contributed by atoms with Gasteiger partial charge in [-0.2, -0.15) is 0 Å². The Morgan fingerprint density at radius 1 is 1.22 bits per heavy atom. The lowest BCUT2D eigenvalue weighted by Gasteiger charge is -2.13. The van der Waals surface area contributed by atoms with Crippen LogP contribution in [0.15, 0.2) is 67.8 Å². The Balaban J connectivity index is 1.71. The molecule has 5 nitrogen and oxygen atoms in total. The van der Waals surface area contributed by atoms with Crippen LogP contribution < -0.4 is 0 Å². The Kier molecular flexibility index (Phi) is 7.09. The smallest absolute Gasteiger partial charge is 0.303 e. The normalized spacial score (nSPS) is 15.3. The third-order valence-corrected chi connectivity index (χ3v) is 8.14. The maximum absolute atomic E-state index is 13.0. The molecule has 1 N–H and O–H groups in total. The van der Waals surface area contributed by atoms with E-state index in [1.54, 1.807) is 11.8 Å². The molecule has 0 saturated carbocycles. The fraction of sp³-hybridized carbons (Fsp3) is 0.174. The van der Waals surface area contributed by atoms with Gasteiger partial charge in [0.25, 0.3) is 5.91 Å². The number of carbonyl (C=O) groups excluding carboxylic acids is 1. The second-order valence-electron chi connectivity index (χ2n) is 7.18. The highest BCUT2D eigenvalue weighted by Crippen LogP contribution is 2.41. The molecule has 2 aromatic carbocycles. The van der Waals surface area contributed by atoms with E-state index < -0.39 is 5.97 Å². The SMILES string of the molecule is Cn1c(Sc2ccc(Br)cc2)c(C=C2SC(=S)N(CCCC(=O)O)C2=O)c2ccccc21. The molecule has 1 saturated heterocycles. The third-order valence-electron chi connectivity index (χ3n) is 5.04. The van der Waals surface area contributed by atoms with Crippen LogP contribution in [0.4, 0.5) is 0 Å². The van der Waals surface area contributed by atoms with Crippen LogP contribution in [0.3, 0.4) is 0 Å². The highest BCUT2D eigenvalue weighted by molar-refractivity contribution is 9.10. The van der Waals surface area contributed by atoms with Crippen LogP contribution in [0.2, 0.25) is 0 Å². The van der Waals surface area contributed by atoms with Crippen molar-refractivity contribution in [1.29, 1.82) is 0 Å². The summed E-state index contributed by atoms with van der Waals surface area (Å²) in [6.07, 6.45) is 2.29. The van der Waals surface area contributed by atoms with Crippen LogP contribution >= 0.6 is 51.7 Å². The van der Waals surface area contributed by atoms with Crippen molar-refractivity contribution in [3.05, 3.63) is 63.5 Å². The summed E-state index contributed by atoms with van der Waals surface area (Å²) in [6.45, 7) is 0.310. The fourth-order valence-electron chi connectivity index (χ4n) is 3.49. The molecular formula is C23H19BrN2O3S3. The Labute approximate surface area is 208 Å². The molecule has 4 rings (SSSR count). The zero-order valence-electron chi connectivity index (χ0n) is 17.1. The predicted octanol–water partition coefficient (Wildman–Crippen LogP) is 6.16. The van der Waals surface area contributed by atoms with Crippen LogP contribution in [0.25, 0.3) is 17.0 Å². The van der Waals surface area contributed by atoms with Crippen molar-refractivity contribution in [2.24, 2.45) is 7.05 Å². The molecule has 0 aliphatic carbocycles. The molecule has 1 aliphatic rings. The summed E-state index contributed by atoms with van der Waals surface area (Å²) < 4.78 is 3.63. The zero-order valence-corrected chi connectivity index (χ0v) is 21.1. The summed E-state index contributed by atoms with van der Waals surface area (Å²) in [7, 11) is 2.03. The first-order chi connectivity index (χ1) is 15.3. The number of halogens is 1. The largest absolute Gasteiger partial charge is 0.481 e. The molecule has 3 aromatic rings. The molecular weight excluding hydrogens is 528 g/mol. The molecule has 1 aromatic heterocycles. The van der Waals surface area contributed by atoms with Gasteiger partial charge in [-0.1, -0.05) is 69.9 Å². The van der Waals surface area contributed by atoms with Gasteiger partial charge in [0.05, 0.1) is 9.93 Å². The summed E-state index contributed by atoms with van der Waals surface area (Å²) in [5.74, 6) is -1.05. The number of amides is 1. The van der Waals surface area contributed by atoms with Crippen LogP contribution in [-0.2, 0) is 16.6 Å². The Morgan fingerprint density at radius 3 is 2.66 bits per heavy atom. The second-order valence-corrected chi connectivity index (χ2v) is 10.8. The number of aromatic nitrogens is 1. The van der Waals surface area contributed by atoms with Crippen molar-refractivity contribution in [3.63, 3.8) is 0 Å². The molecule has 0 bridgehead atoms. The summed E-state index contributed by atoms with van der Waals surface area (Å²) >= 11 is 11.8. The summed E-state index contributed by atoms with van der Waals surface area (Å²) in [6, 6.07) is 16.2. The van der Waals surface area contributed by atoms with Crippen molar-refractivity contribution in [2.45, 2.75) is 22.8 Å². The van der Waals surface area contributed by atoms with Crippen LogP contribution in [0.1, 0.15) is 18.4 Å². The van der Waals surface area contributed by atoms with E-state index in [1.165, 1.54) is 16.7 Å². The number of aryl methyl sites for hydroxylation is 1. The molecule has 32 heavy (non-hydrogen) atoms. The van der Waals surface area contributed by atoms with Gasteiger partial charge in [-0.25, -0.2) is 0 Å². The Bertz CT molecular complexity index is 1250. The Morgan fingerprint density at radius 2 is 1.94 bits per heavy atom. The standard InChI is InChI=1S/C23H19BrN2O3S3/c1-25-18-6-3-2-5-16(18)17(22(25)31-15-10-8-14(24)9-11-15)13-19-21(29)26(23(30)32-19)12-4-7-20(27)28/h2-3,5-6,8-11,13H,4,7,12H2,1H3,(H,27,28). The fourth-order valence-corrected chi connectivity index (χ4v) is 6.05. The van der Waals surface area contributed by atoms with Crippen molar-refractivity contribution in [2.75, 3.05) is 6.54 Å². The van der Waals surface area contributed by atoms with Gasteiger partial charge in [0.15, 0.2) is 0 Å². The Hall–Kier alpha value is -2.07. The van der Waals surface area contributed by atoms with Crippen molar-refractivity contribution in [1.82, 2.24) is 9.47 Å². The highest BCUT2D eigenvalue weighted by atomic mass is 79.9. The monoisotopic (exact) mass is 546 g/mol. The van der Waals surface area contributed by atoms with Crippen LogP contribution in [-0.4, -0.2) is 37.3 Å². The average molecular weight is 548 g/mol. The molecule has 0 spiro atoms. The molecule has 1 amide bonds. The topological polar surface area (TPSA) is 62.5 Å². The number of carbonyl (C=O) groups is 2. The number of rotatable bonds is 7. The van der Waals surface area contributed by atoms with Crippen molar-refractivity contribution >= 4 is 84.8 Å². The van der Waals surface area contributed by atoms with Crippen LogP contribution in [0, 0.1) is 0 Å². The number of thiocarbonyl (C=S) groups is 1. The molecule has 164 valence electrons. The molecule has 0 atom stereocenters. The number of aliphatic carboxylic acids is 1. The predicted molar refractivity (Wildman–Crippen MR) is 138 cm³/mol. The van der Waals surface area contributed by atoms with E-state index in [-0.39, 0.29) is 12.3 Å². The van der Waals surface area contributed by atoms with Gasteiger partial charge in [0.1, 0.15) is 4.32 Å². The van der Waals surface area contributed by atoms with E-state index in [2.05, 4.69) is 44.8 Å². The van der Waals surface area contributed by atoms with Crippen molar-refractivity contribution in [3.8, 4) is 0 Å². The van der Waals surface area contributed by atoms with E-state index in [1.807, 2.05) is 37.4 Å². The molecule has 1 aliphatic heterocycles. The zero-order chi connectivity index (χ0) is 22.8. The van der Waals surface area contributed by atoms with Crippen molar-refractivity contribution < 1.29 is 14.7 Å². The van der Waals surface area contributed by atoms with Gasteiger partial charge < -0.3 is 9.67 Å². The summed E-state index contributed by atoms with van der Waals surface area (Å²) in [4.78, 5) is 27.0. The van der Waals surface area contributed by atoms with Gasteiger partial charge in [-0.15, -0.1) is 0 Å². The number of benzene rings is 2. The molecule has 9 heteroatoms. The number of carboxylic acid groups (broad SMARTS) is 1. The number of fused-ring (bicyclic) bond motifs is 1. The summed E-state index contributed by atoms with van der Waals surface area (Å²) in [5.41, 5.74) is 2.05. The summed E-state index contributed by atoms with van der Waals surface area (Å²) in [5, 5.41) is 11.0. The van der Waals surface area contributed by atoms with E-state index in [4.69, 9.17) is 17.3 Å². The van der Waals surface area contributed by atoms with E-state index in [0.29, 0.717) is 22.2 Å². The maximum atomic E-state index is 13.0. The van der Waals surface area contributed by atoms with Gasteiger partial charge in [0.2, 0.25) is 0 Å². The lowest BCUT2D eigenvalue weighted by atomic mass is 10.1. The minimum Gasteiger partial charge on any atom is -0.481 e. The molecule has 1 fully saturated rings. The third kappa shape index (κ3) is 4.80. The minimum absolute atomic E-state index is 0.00735. The first kappa shape index (κ1) is 23.1. The number of hydrogen-bond acceptors (Lipinski definition) is 5. The van der Waals surface area contributed by atoms with E-state index in [0.717, 1.165) is 30.9 Å². The number of carboxylic acids is 1.